The Bertz CT molecular complexity index is 203. The summed E-state index contributed by atoms with van der Waals surface area (Å²) in [5, 5.41) is 8.49. The molecule has 12 heavy (non-hydrogen) atoms. The zero-order valence-corrected chi connectivity index (χ0v) is 5.76. The van der Waals surface area contributed by atoms with Gasteiger partial charge in [0, 0.05) is 0 Å². The molecule has 0 aromatic rings. The molecule has 0 aliphatic rings. The van der Waals surface area contributed by atoms with Crippen LogP contribution in [0.1, 0.15) is 0 Å². The Balaban J connectivity index is 3.82. The third-order valence-electron chi connectivity index (χ3n) is 0.796. The van der Waals surface area contributed by atoms with E-state index in [1.807, 2.05) is 0 Å². The summed E-state index contributed by atoms with van der Waals surface area (Å²) in [6.45, 7) is -0.852. The van der Waals surface area contributed by atoms with Crippen LogP contribution >= 0.6 is 0 Å². The van der Waals surface area contributed by atoms with Crippen molar-refractivity contribution in [2.45, 2.75) is 12.3 Å². The van der Waals surface area contributed by atoms with E-state index in [4.69, 9.17) is 5.11 Å². The van der Waals surface area contributed by atoms with Crippen molar-refractivity contribution in [1.82, 2.24) is 0 Å². The minimum Gasteiger partial charge on any atom is -0.455 e. The maximum absolute atomic E-state index is 11.4. The molecule has 0 rings (SSSR count). The molecule has 0 aromatic heterocycles. The normalized spacial score (nSPS) is 13.2. The maximum Gasteiger partial charge on any atom is 0.490 e. The number of ether oxygens (including phenoxy) is 1. The van der Waals surface area contributed by atoms with Gasteiger partial charge in [-0.05, 0) is 0 Å². The average Bonchev–Trinajstić information content (AvgIpc) is 1.97. The van der Waals surface area contributed by atoms with Gasteiger partial charge in [0.15, 0.2) is 0 Å². The number of terminal acetylenes is 1. The fraction of sp³-hybridized carbons (Fsp3) is 0.500. The number of halogens is 3. The van der Waals surface area contributed by atoms with E-state index in [1.54, 1.807) is 5.92 Å². The molecule has 68 valence electrons. The number of aliphatic hydroxyl groups excluding tert-OH is 1. The van der Waals surface area contributed by atoms with Gasteiger partial charge in [0.25, 0.3) is 0 Å². The molecule has 1 N–H and O–H groups in total. The van der Waals surface area contributed by atoms with E-state index in [0.717, 1.165) is 0 Å². The van der Waals surface area contributed by atoms with Crippen molar-refractivity contribution >= 4 is 5.97 Å². The molecule has 0 amide bonds. The van der Waals surface area contributed by atoms with Crippen LogP contribution in [0.3, 0.4) is 0 Å². The lowest BCUT2D eigenvalue weighted by Gasteiger charge is -2.07. The van der Waals surface area contributed by atoms with Crippen molar-refractivity contribution in [2.24, 2.45) is 0 Å². The van der Waals surface area contributed by atoms with Gasteiger partial charge >= 0.3 is 12.1 Å². The van der Waals surface area contributed by atoms with Gasteiger partial charge in [-0.15, -0.1) is 6.42 Å². The van der Waals surface area contributed by atoms with Gasteiger partial charge in [-0.25, -0.2) is 4.79 Å². The number of hydrogen-bond donors (Lipinski definition) is 1. The molecule has 0 saturated heterocycles. The third kappa shape index (κ3) is 3.83. The molecule has 0 spiro atoms. The molecule has 1 unspecified atom stereocenters. The van der Waals surface area contributed by atoms with Crippen LogP contribution in [0.2, 0.25) is 0 Å². The molecule has 0 fully saturated rings. The standard InChI is InChI=1S/C6H5F3O3/c1-2-4(10)3-12-5(11)6(7,8)9/h1,4,10H,3H2. The topological polar surface area (TPSA) is 46.5 Å². The highest BCUT2D eigenvalue weighted by atomic mass is 19.4. The first-order chi connectivity index (χ1) is 5.38. The Morgan fingerprint density at radius 2 is 2.17 bits per heavy atom. The van der Waals surface area contributed by atoms with Crippen LogP contribution in [-0.2, 0) is 9.53 Å². The Hall–Kier alpha value is -1.22. The van der Waals surface area contributed by atoms with Crippen LogP contribution < -0.4 is 0 Å². The fourth-order valence-electron chi connectivity index (χ4n) is 0.285. The van der Waals surface area contributed by atoms with Crippen molar-refractivity contribution < 1.29 is 27.8 Å². The highest BCUT2D eigenvalue weighted by molar-refractivity contribution is 5.75. The molecule has 0 aliphatic carbocycles. The number of esters is 1. The van der Waals surface area contributed by atoms with Gasteiger partial charge in [0.1, 0.15) is 12.7 Å². The van der Waals surface area contributed by atoms with Crippen molar-refractivity contribution in [3.8, 4) is 12.3 Å². The molecular formula is C6H5F3O3. The van der Waals surface area contributed by atoms with Gasteiger partial charge in [-0.3, -0.25) is 0 Å². The zero-order chi connectivity index (χ0) is 9.78. The lowest BCUT2D eigenvalue weighted by Crippen LogP contribution is -2.28. The maximum atomic E-state index is 11.4. The molecule has 1 atom stereocenters. The summed E-state index contributed by atoms with van der Waals surface area (Å²) in [5.74, 6) is -0.681. The molecule has 0 radical (unpaired) electrons. The number of hydrogen-bond acceptors (Lipinski definition) is 3. The lowest BCUT2D eigenvalue weighted by molar-refractivity contribution is -0.201. The van der Waals surface area contributed by atoms with Gasteiger partial charge < -0.3 is 9.84 Å². The molecule has 6 heteroatoms. The molecular weight excluding hydrogens is 177 g/mol. The van der Waals surface area contributed by atoms with Crippen LogP contribution in [0.25, 0.3) is 0 Å². The van der Waals surface area contributed by atoms with Crippen LogP contribution in [0, 0.1) is 12.3 Å². The zero-order valence-electron chi connectivity index (χ0n) is 5.76. The minimum atomic E-state index is -5.05. The number of rotatable bonds is 2. The van der Waals surface area contributed by atoms with Crippen molar-refractivity contribution in [1.29, 1.82) is 0 Å². The first kappa shape index (κ1) is 10.8. The molecule has 0 aliphatic heterocycles. The number of carbonyl (C=O) groups is 1. The summed E-state index contributed by atoms with van der Waals surface area (Å²) in [6.07, 6.45) is -1.96. The molecule has 3 nitrogen and oxygen atoms in total. The summed E-state index contributed by atoms with van der Waals surface area (Å²) < 4.78 is 37.8. The summed E-state index contributed by atoms with van der Waals surface area (Å²) >= 11 is 0. The third-order valence-corrected chi connectivity index (χ3v) is 0.796. The summed E-state index contributed by atoms with van der Waals surface area (Å²) in [5.41, 5.74) is 0. The Kier molecular flexibility index (Phi) is 3.57. The van der Waals surface area contributed by atoms with Crippen LogP contribution in [0.5, 0.6) is 0 Å². The molecule has 0 heterocycles. The van der Waals surface area contributed by atoms with Crippen LogP contribution in [0.4, 0.5) is 13.2 Å². The minimum absolute atomic E-state index is 0.852. The number of carbonyl (C=O) groups excluding carboxylic acids is 1. The van der Waals surface area contributed by atoms with E-state index < -0.39 is 24.9 Å². The van der Waals surface area contributed by atoms with Crippen molar-refractivity contribution in [3.63, 3.8) is 0 Å². The highest BCUT2D eigenvalue weighted by Gasteiger charge is 2.41. The van der Waals surface area contributed by atoms with Crippen molar-refractivity contribution in [3.05, 3.63) is 0 Å². The Labute approximate surface area is 66.1 Å². The van der Waals surface area contributed by atoms with E-state index in [-0.39, 0.29) is 0 Å². The van der Waals surface area contributed by atoms with E-state index >= 15 is 0 Å². The van der Waals surface area contributed by atoms with E-state index in [0.29, 0.717) is 0 Å². The summed E-state index contributed by atoms with van der Waals surface area (Å²) in [4.78, 5) is 9.96. The first-order valence-electron chi connectivity index (χ1n) is 2.76. The van der Waals surface area contributed by atoms with Crippen molar-refractivity contribution in [2.75, 3.05) is 6.61 Å². The monoisotopic (exact) mass is 182 g/mol. The summed E-state index contributed by atoms with van der Waals surface area (Å²) in [6, 6.07) is 0. The SMILES string of the molecule is C#CC(O)COC(=O)C(F)(F)F. The predicted molar refractivity (Wildman–Crippen MR) is 31.9 cm³/mol. The number of alkyl halides is 3. The molecule has 0 saturated carbocycles. The second kappa shape index (κ2) is 3.97. The lowest BCUT2D eigenvalue weighted by atomic mass is 10.4. The highest BCUT2D eigenvalue weighted by Crippen LogP contribution is 2.16. The second-order valence-electron chi connectivity index (χ2n) is 1.78. The quantitative estimate of drug-likeness (QED) is 0.486. The van der Waals surface area contributed by atoms with Gasteiger partial charge in [0.2, 0.25) is 0 Å². The van der Waals surface area contributed by atoms with Gasteiger partial charge in [0.05, 0.1) is 0 Å². The van der Waals surface area contributed by atoms with E-state index in [1.165, 1.54) is 0 Å². The Morgan fingerprint density at radius 3 is 2.50 bits per heavy atom. The van der Waals surface area contributed by atoms with E-state index in [9.17, 15) is 18.0 Å². The first-order valence-corrected chi connectivity index (χ1v) is 2.76. The Morgan fingerprint density at radius 1 is 1.67 bits per heavy atom. The largest absolute Gasteiger partial charge is 0.490 e. The average molecular weight is 182 g/mol. The predicted octanol–water partition coefficient (Wildman–Crippen LogP) is 0.0860. The van der Waals surface area contributed by atoms with E-state index in [2.05, 4.69) is 11.2 Å². The smallest absolute Gasteiger partial charge is 0.455 e. The van der Waals surface area contributed by atoms with Gasteiger partial charge in [-0.2, -0.15) is 13.2 Å². The fourth-order valence-corrected chi connectivity index (χ4v) is 0.285. The van der Waals surface area contributed by atoms with Gasteiger partial charge in [-0.1, -0.05) is 5.92 Å². The second-order valence-corrected chi connectivity index (χ2v) is 1.78. The molecule has 0 aromatic carbocycles. The molecule has 0 bridgehead atoms. The van der Waals surface area contributed by atoms with Crippen LogP contribution in [-0.4, -0.2) is 30.0 Å². The number of aliphatic hydroxyl groups is 1. The summed E-state index contributed by atoms with van der Waals surface area (Å²) in [7, 11) is 0. The van der Waals surface area contributed by atoms with Crippen LogP contribution in [0.15, 0.2) is 0 Å².